The first-order chi connectivity index (χ1) is 13.8. The summed E-state index contributed by atoms with van der Waals surface area (Å²) in [6.07, 6.45) is 3.66. The van der Waals surface area contributed by atoms with Gasteiger partial charge in [-0.1, -0.05) is 36.0 Å². The van der Waals surface area contributed by atoms with E-state index in [1.165, 1.54) is 11.1 Å². The largest absolute Gasteiger partial charge is 0.497 e. The van der Waals surface area contributed by atoms with Crippen LogP contribution in [-0.4, -0.2) is 28.8 Å². The van der Waals surface area contributed by atoms with Crippen LogP contribution in [0.5, 0.6) is 11.5 Å². The van der Waals surface area contributed by atoms with E-state index in [0.717, 1.165) is 40.0 Å². The van der Waals surface area contributed by atoms with Gasteiger partial charge in [0.1, 0.15) is 11.5 Å². The second-order valence-electron chi connectivity index (χ2n) is 6.33. The van der Waals surface area contributed by atoms with Gasteiger partial charge in [-0.2, -0.15) is 0 Å². The monoisotopic (exact) mass is 391 g/mol. The number of hydrogen-bond acceptors (Lipinski definition) is 5. The van der Waals surface area contributed by atoms with Crippen molar-refractivity contribution in [2.45, 2.75) is 17.5 Å². The van der Waals surface area contributed by atoms with Crippen LogP contribution in [0.3, 0.4) is 0 Å². The average Bonchev–Trinajstić information content (AvgIpc) is 3.10. The molecule has 2 aromatic carbocycles. The van der Waals surface area contributed by atoms with Gasteiger partial charge >= 0.3 is 0 Å². The molecule has 28 heavy (non-hydrogen) atoms. The zero-order valence-corrected chi connectivity index (χ0v) is 16.6. The van der Waals surface area contributed by atoms with Crippen LogP contribution in [0.25, 0.3) is 11.0 Å². The SMILES string of the molecule is COc1ccc(CSc2nc3ccncc3n2Cc2ccc(OC)cc2)cc1. The van der Waals surface area contributed by atoms with Crippen molar-refractivity contribution in [3.8, 4) is 11.5 Å². The second-order valence-corrected chi connectivity index (χ2v) is 7.27. The maximum atomic E-state index is 5.26. The maximum absolute atomic E-state index is 5.26. The Labute approximate surface area is 168 Å². The zero-order chi connectivity index (χ0) is 19.3. The Bertz CT molecular complexity index is 1060. The van der Waals surface area contributed by atoms with E-state index in [4.69, 9.17) is 14.5 Å². The standard InChI is InChI=1S/C22H21N3O2S/c1-26-18-7-3-16(4-8-18)14-25-21-13-23-12-11-20(21)24-22(25)28-15-17-5-9-19(27-2)10-6-17/h3-13H,14-15H2,1-2H3. The maximum Gasteiger partial charge on any atom is 0.169 e. The fourth-order valence-electron chi connectivity index (χ4n) is 2.99. The van der Waals surface area contributed by atoms with Crippen LogP contribution in [0.2, 0.25) is 0 Å². The number of rotatable bonds is 7. The quantitative estimate of drug-likeness (QED) is 0.424. The third-order valence-electron chi connectivity index (χ3n) is 4.54. The first kappa shape index (κ1) is 18.4. The molecule has 0 aliphatic rings. The highest BCUT2D eigenvalue weighted by atomic mass is 32.2. The predicted molar refractivity (Wildman–Crippen MR) is 112 cm³/mol. The molecule has 0 saturated carbocycles. The average molecular weight is 391 g/mol. The molecule has 5 nitrogen and oxygen atoms in total. The highest BCUT2D eigenvalue weighted by Gasteiger charge is 2.12. The molecule has 0 fully saturated rings. The van der Waals surface area contributed by atoms with Crippen molar-refractivity contribution in [2.24, 2.45) is 0 Å². The molecule has 2 aromatic heterocycles. The molecule has 142 valence electrons. The van der Waals surface area contributed by atoms with E-state index in [0.29, 0.717) is 0 Å². The number of ether oxygens (including phenoxy) is 2. The van der Waals surface area contributed by atoms with Crippen LogP contribution in [0.4, 0.5) is 0 Å². The molecule has 0 bridgehead atoms. The first-order valence-electron chi connectivity index (χ1n) is 8.96. The molecule has 0 amide bonds. The van der Waals surface area contributed by atoms with Gasteiger partial charge in [0.2, 0.25) is 0 Å². The van der Waals surface area contributed by atoms with Gasteiger partial charge in [0.15, 0.2) is 5.16 Å². The Morgan fingerprint density at radius 3 is 2.14 bits per heavy atom. The van der Waals surface area contributed by atoms with Crippen LogP contribution in [0.1, 0.15) is 11.1 Å². The molecule has 0 saturated heterocycles. The topological polar surface area (TPSA) is 49.2 Å². The summed E-state index contributed by atoms with van der Waals surface area (Å²) in [6, 6.07) is 18.2. The Balaban J connectivity index is 1.60. The smallest absolute Gasteiger partial charge is 0.169 e. The number of benzene rings is 2. The second kappa shape index (κ2) is 8.35. The summed E-state index contributed by atoms with van der Waals surface area (Å²) in [5, 5.41) is 0.981. The van der Waals surface area contributed by atoms with Gasteiger partial charge in [0.25, 0.3) is 0 Å². The summed E-state index contributed by atoms with van der Waals surface area (Å²) < 4.78 is 12.7. The van der Waals surface area contributed by atoms with Crippen molar-refractivity contribution in [1.29, 1.82) is 0 Å². The molecule has 0 aliphatic carbocycles. The first-order valence-corrected chi connectivity index (χ1v) is 9.94. The molecular weight excluding hydrogens is 370 g/mol. The number of nitrogens with zero attached hydrogens (tertiary/aromatic N) is 3. The normalized spacial score (nSPS) is 10.9. The van der Waals surface area contributed by atoms with Gasteiger partial charge in [0, 0.05) is 11.9 Å². The van der Waals surface area contributed by atoms with Crippen LogP contribution in [0.15, 0.2) is 72.1 Å². The Hall–Kier alpha value is -2.99. The van der Waals surface area contributed by atoms with E-state index in [-0.39, 0.29) is 0 Å². The third-order valence-corrected chi connectivity index (χ3v) is 5.59. The lowest BCUT2D eigenvalue weighted by atomic mass is 10.2. The Morgan fingerprint density at radius 2 is 1.50 bits per heavy atom. The van der Waals surface area contributed by atoms with Crippen molar-refractivity contribution in [3.63, 3.8) is 0 Å². The predicted octanol–water partition coefficient (Wildman–Crippen LogP) is 4.79. The van der Waals surface area contributed by atoms with E-state index in [9.17, 15) is 0 Å². The highest BCUT2D eigenvalue weighted by molar-refractivity contribution is 7.98. The van der Waals surface area contributed by atoms with Gasteiger partial charge < -0.3 is 14.0 Å². The minimum atomic E-state index is 0.733. The zero-order valence-electron chi connectivity index (χ0n) is 15.8. The molecular formula is C22H21N3O2S. The number of methoxy groups -OCH3 is 2. The van der Waals surface area contributed by atoms with Crippen molar-refractivity contribution in [2.75, 3.05) is 14.2 Å². The van der Waals surface area contributed by atoms with Gasteiger partial charge in [-0.25, -0.2) is 4.98 Å². The van der Waals surface area contributed by atoms with Crippen LogP contribution in [0, 0.1) is 0 Å². The molecule has 2 heterocycles. The van der Waals surface area contributed by atoms with Crippen molar-refractivity contribution in [3.05, 3.63) is 78.1 Å². The summed E-state index contributed by atoms with van der Waals surface area (Å²) in [5.74, 6) is 2.56. The lowest BCUT2D eigenvalue weighted by Crippen LogP contribution is -2.02. The number of fused-ring (bicyclic) bond motifs is 1. The highest BCUT2D eigenvalue weighted by Crippen LogP contribution is 2.28. The molecule has 0 spiro atoms. The van der Waals surface area contributed by atoms with Gasteiger partial charge in [-0.15, -0.1) is 0 Å². The van der Waals surface area contributed by atoms with E-state index in [2.05, 4.69) is 33.8 Å². The van der Waals surface area contributed by atoms with Gasteiger partial charge in [-0.3, -0.25) is 4.98 Å². The molecule has 0 N–H and O–H groups in total. The van der Waals surface area contributed by atoms with Gasteiger partial charge in [0.05, 0.1) is 38.0 Å². The molecule has 4 rings (SSSR count). The molecule has 0 radical (unpaired) electrons. The number of imidazole rings is 1. The van der Waals surface area contributed by atoms with Crippen LogP contribution >= 0.6 is 11.8 Å². The summed E-state index contributed by atoms with van der Waals surface area (Å²) >= 11 is 1.72. The number of aromatic nitrogens is 3. The van der Waals surface area contributed by atoms with Gasteiger partial charge in [-0.05, 0) is 41.5 Å². The van der Waals surface area contributed by atoms with E-state index < -0.39 is 0 Å². The lowest BCUT2D eigenvalue weighted by molar-refractivity contribution is 0.414. The molecule has 0 atom stereocenters. The van der Waals surface area contributed by atoms with Crippen molar-refractivity contribution >= 4 is 22.8 Å². The molecule has 6 heteroatoms. The van der Waals surface area contributed by atoms with Crippen molar-refractivity contribution < 1.29 is 9.47 Å². The lowest BCUT2D eigenvalue weighted by Gasteiger charge is -2.10. The minimum Gasteiger partial charge on any atom is -0.497 e. The number of pyridine rings is 1. The summed E-state index contributed by atoms with van der Waals surface area (Å²) in [7, 11) is 3.36. The fraction of sp³-hybridized carbons (Fsp3) is 0.182. The fourth-order valence-corrected chi connectivity index (χ4v) is 3.96. The van der Waals surface area contributed by atoms with Crippen LogP contribution in [-0.2, 0) is 12.3 Å². The summed E-state index contributed by atoms with van der Waals surface area (Å²) in [5.41, 5.74) is 4.42. The summed E-state index contributed by atoms with van der Waals surface area (Å²) in [4.78, 5) is 9.12. The van der Waals surface area contributed by atoms with Crippen LogP contribution < -0.4 is 9.47 Å². The summed E-state index contributed by atoms with van der Waals surface area (Å²) in [6.45, 7) is 0.733. The van der Waals surface area contributed by atoms with E-state index >= 15 is 0 Å². The Kier molecular flexibility index (Phi) is 5.48. The minimum absolute atomic E-state index is 0.733. The van der Waals surface area contributed by atoms with E-state index in [1.807, 2.05) is 36.5 Å². The van der Waals surface area contributed by atoms with Crippen molar-refractivity contribution in [1.82, 2.24) is 14.5 Å². The third kappa shape index (κ3) is 3.97. The molecule has 0 aliphatic heterocycles. The number of thioether (sulfide) groups is 1. The number of hydrogen-bond donors (Lipinski definition) is 0. The Morgan fingerprint density at radius 1 is 0.857 bits per heavy atom. The van der Waals surface area contributed by atoms with E-state index in [1.54, 1.807) is 32.2 Å². The molecule has 0 unspecified atom stereocenters. The molecule has 4 aromatic rings.